The standard InChI is InChI=1S/C15H19NO5/c1-20-7-5-16(10-15(18)19)14(17)9-11-2-3-13-12(8-11)4-6-21-13/h2-3,8H,4-7,9-10H2,1H3,(H,18,19). The number of benzene rings is 1. The van der Waals surface area contributed by atoms with Gasteiger partial charge >= 0.3 is 5.97 Å². The monoisotopic (exact) mass is 293 g/mol. The Morgan fingerprint density at radius 2 is 2.24 bits per heavy atom. The number of carbonyl (C=O) groups is 2. The van der Waals surface area contributed by atoms with Crippen LogP contribution in [0.5, 0.6) is 5.75 Å². The summed E-state index contributed by atoms with van der Waals surface area (Å²) in [5.74, 6) is -0.372. The van der Waals surface area contributed by atoms with E-state index in [4.69, 9.17) is 14.6 Å². The molecule has 1 aromatic carbocycles. The highest BCUT2D eigenvalue weighted by Crippen LogP contribution is 2.26. The zero-order chi connectivity index (χ0) is 15.2. The molecule has 1 N–H and O–H groups in total. The Morgan fingerprint density at radius 1 is 1.43 bits per heavy atom. The summed E-state index contributed by atoms with van der Waals surface area (Å²) >= 11 is 0. The molecule has 0 atom stereocenters. The summed E-state index contributed by atoms with van der Waals surface area (Å²) in [6, 6.07) is 5.66. The normalized spacial score (nSPS) is 12.6. The zero-order valence-electron chi connectivity index (χ0n) is 12.0. The molecule has 1 amide bonds. The van der Waals surface area contributed by atoms with E-state index in [1.807, 2.05) is 18.2 Å². The molecule has 0 unspecified atom stereocenters. The number of aliphatic carboxylic acids is 1. The second-order valence-electron chi connectivity index (χ2n) is 4.92. The number of nitrogens with zero attached hydrogens (tertiary/aromatic N) is 1. The van der Waals surface area contributed by atoms with Gasteiger partial charge in [0, 0.05) is 20.1 Å². The van der Waals surface area contributed by atoms with Crippen molar-refractivity contribution in [3.63, 3.8) is 0 Å². The number of carbonyl (C=O) groups excluding carboxylic acids is 1. The maximum Gasteiger partial charge on any atom is 0.323 e. The molecule has 2 rings (SSSR count). The van der Waals surface area contributed by atoms with E-state index in [-0.39, 0.29) is 25.4 Å². The van der Waals surface area contributed by atoms with Crippen LogP contribution in [0.3, 0.4) is 0 Å². The van der Waals surface area contributed by atoms with Gasteiger partial charge in [0.1, 0.15) is 12.3 Å². The number of methoxy groups -OCH3 is 1. The van der Waals surface area contributed by atoms with E-state index >= 15 is 0 Å². The lowest BCUT2D eigenvalue weighted by molar-refractivity contribution is -0.144. The summed E-state index contributed by atoms with van der Waals surface area (Å²) in [5, 5.41) is 8.87. The molecule has 114 valence electrons. The quantitative estimate of drug-likeness (QED) is 0.802. The number of ether oxygens (including phenoxy) is 2. The van der Waals surface area contributed by atoms with E-state index in [1.165, 1.54) is 12.0 Å². The summed E-state index contributed by atoms with van der Waals surface area (Å²) in [5.41, 5.74) is 1.97. The van der Waals surface area contributed by atoms with Crippen molar-refractivity contribution in [3.8, 4) is 5.75 Å². The van der Waals surface area contributed by atoms with E-state index < -0.39 is 5.97 Å². The van der Waals surface area contributed by atoms with Crippen molar-refractivity contribution in [3.05, 3.63) is 29.3 Å². The van der Waals surface area contributed by atoms with Crippen LogP contribution in [-0.4, -0.2) is 55.3 Å². The fourth-order valence-corrected chi connectivity index (χ4v) is 2.29. The summed E-state index contributed by atoms with van der Waals surface area (Å²) in [7, 11) is 1.52. The SMILES string of the molecule is COCCN(CC(=O)O)C(=O)Cc1ccc2c(c1)CCO2. The van der Waals surface area contributed by atoms with Gasteiger partial charge in [0.25, 0.3) is 0 Å². The average Bonchev–Trinajstić information content (AvgIpc) is 2.90. The molecular weight excluding hydrogens is 274 g/mol. The zero-order valence-corrected chi connectivity index (χ0v) is 12.0. The molecule has 0 spiro atoms. The maximum atomic E-state index is 12.2. The Labute approximate surface area is 123 Å². The topological polar surface area (TPSA) is 76.1 Å². The van der Waals surface area contributed by atoms with Crippen LogP contribution >= 0.6 is 0 Å². The molecule has 1 aliphatic heterocycles. The van der Waals surface area contributed by atoms with E-state index in [1.54, 1.807) is 0 Å². The van der Waals surface area contributed by atoms with Crippen LogP contribution in [0.25, 0.3) is 0 Å². The van der Waals surface area contributed by atoms with Crippen molar-refractivity contribution in [1.82, 2.24) is 4.90 Å². The van der Waals surface area contributed by atoms with E-state index in [2.05, 4.69) is 0 Å². The van der Waals surface area contributed by atoms with Gasteiger partial charge in [-0.15, -0.1) is 0 Å². The molecule has 0 bridgehead atoms. The highest BCUT2D eigenvalue weighted by atomic mass is 16.5. The smallest absolute Gasteiger partial charge is 0.323 e. The van der Waals surface area contributed by atoms with Crippen molar-refractivity contribution in [2.24, 2.45) is 0 Å². The summed E-state index contributed by atoms with van der Waals surface area (Å²) < 4.78 is 10.3. The molecular formula is C15H19NO5. The first-order chi connectivity index (χ1) is 10.1. The van der Waals surface area contributed by atoms with Gasteiger partial charge in [0.05, 0.1) is 19.6 Å². The Hall–Kier alpha value is -2.08. The maximum absolute atomic E-state index is 12.2. The first-order valence-corrected chi connectivity index (χ1v) is 6.83. The van der Waals surface area contributed by atoms with E-state index in [0.29, 0.717) is 13.2 Å². The molecule has 0 aliphatic carbocycles. The molecule has 0 radical (unpaired) electrons. The van der Waals surface area contributed by atoms with Gasteiger partial charge < -0.3 is 19.5 Å². The first kappa shape index (κ1) is 15.3. The Bertz CT molecular complexity index is 529. The second kappa shape index (κ2) is 7.08. The first-order valence-electron chi connectivity index (χ1n) is 6.83. The van der Waals surface area contributed by atoms with Gasteiger partial charge in [-0.2, -0.15) is 0 Å². The number of carboxylic acids is 1. The minimum atomic E-state index is -1.03. The number of hydrogen-bond donors (Lipinski definition) is 1. The minimum absolute atomic E-state index is 0.185. The average molecular weight is 293 g/mol. The largest absolute Gasteiger partial charge is 0.493 e. The summed E-state index contributed by atoms with van der Waals surface area (Å²) in [4.78, 5) is 24.4. The third kappa shape index (κ3) is 4.19. The molecule has 1 heterocycles. The lowest BCUT2D eigenvalue weighted by Crippen LogP contribution is -2.38. The Kier molecular flexibility index (Phi) is 5.16. The van der Waals surface area contributed by atoms with Gasteiger partial charge in [-0.05, 0) is 17.2 Å². The predicted molar refractivity (Wildman–Crippen MR) is 75.4 cm³/mol. The summed E-state index contributed by atoms with van der Waals surface area (Å²) in [6.07, 6.45) is 1.03. The molecule has 0 saturated heterocycles. The Morgan fingerprint density at radius 3 is 2.95 bits per heavy atom. The molecule has 0 aromatic heterocycles. The second-order valence-corrected chi connectivity index (χ2v) is 4.92. The third-order valence-corrected chi connectivity index (χ3v) is 3.35. The number of amides is 1. The van der Waals surface area contributed by atoms with Crippen molar-refractivity contribution >= 4 is 11.9 Å². The fourth-order valence-electron chi connectivity index (χ4n) is 2.29. The van der Waals surface area contributed by atoms with Crippen molar-refractivity contribution in [1.29, 1.82) is 0 Å². The summed E-state index contributed by atoms with van der Waals surface area (Å²) in [6.45, 7) is 0.953. The van der Waals surface area contributed by atoms with Gasteiger partial charge in [0.2, 0.25) is 5.91 Å². The minimum Gasteiger partial charge on any atom is -0.493 e. The fraction of sp³-hybridized carbons (Fsp3) is 0.467. The van der Waals surface area contributed by atoms with Crippen LogP contribution in [-0.2, 0) is 27.2 Å². The molecule has 6 heteroatoms. The van der Waals surface area contributed by atoms with Crippen molar-refractivity contribution in [2.75, 3.05) is 33.4 Å². The molecule has 0 saturated carbocycles. The molecule has 6 nitrogen and oxygen atoms in total. The van der Waals surface area contributed by atoms with E-state index in [0.717, 1.165) is 23.3 Å². The molecule has 0 fully saturated rings. The molecule has 1 aliphatic rings. The lowest BCUT2D eigenvalue weighted by atomic mass is 10.1. The number of fused-ring (bicyclic) bond motifs is 1. The third-order valence-electron chi connectivity index (χ3n) is 3.35. The van der Waals surface area contributed by atoms with E-state index in [9.17, 15) is 9.59 Å². The highest BCUT2D eigenvalue weighted by molar-refractivity contribution is 5.83. The van der Waals surface area contributed by atoms with Gasteiger partial charge in [-0.1, -0.05) is 12.1 Å². The molecule has 1 aromatic rings. The predicted octanol–water partition coefficient (Wildman–Crippen LogP) is 0.724. The van der Waals surface area contributed by atoms with Crippen LogP contribution in [0.15, 0.2) is 18.2 Å². The van der Waals surface area contributed by atoms with Crippen LogP contribution in [0.1, 0.15) is 11.1 Å². The lowest BCUT2D eigenvalue weighted by Gasteiger charge is -2.20. The van der Waals surface area contributed by atoms with Gasteiger partial charge in [-0.3, -0.25) is 9.59 Å². The van der Waals surface area contributed by atoms with Crippen LogP contribution in [0, 0.1) is 0 Å². The van der Waals surface area contributed by atoms with Crippen LogP contribution < -0.4 is 4.74 Å². The molecule has 21 heavy (non-hydrogen) atoms. The van der Waals surface area contributed by atoms with Gasteiger partial charge in [-0.25, -0.2) is 0 Å². The Balaban J connectivity index is 2.01. The number of rotatable bonds is 7. The highest BCUT2D eigenvalue weighted by Gasteiger charge is 2.18. The van der Waals surface area contributed by atoms with Gasteiger partial charge in [0.15, 0.2) is 0 Å². The number of hydrogen-bond acceptors (Lipinski definition) is 4. The van der Waals surface area contributed by atoms with Crippen molar-refractivity contribution in [2.45, 2.75) is 12.8 Å². The van der Waals surface area contributed by atoms with Crippen LogP contribution in [0.4, 0.5) is 0 Å². The van der Waals surface area contributed by atoms with Crippen LogP contribution in [0.2, 0.25) is 0 Å². The number of carboxylic acid groups (broad SMARTS) is 1. The van der Waals surface area contributed by atoms with Crippen molar-refractivity contribution < 1.29 is 24.2 Å².